The van der Waals surface area contributed by atoms with Gasteiger partial charge in [-0.3, -0.25) is 14.5 Å². The van der Waals surface area contributed by atoms with E-state index in [-0.39, 0.29) is 34.9 Å². The van der Waals surface area contributed by atoms with Gasteiger partial charge in [-0.15, -0.1) is 0 Å². The highest BCUT2D eigenvalue weighted by Crippen LogP contribution is 2.36. The molecule has 1 atom stereocenters. The number of rotatable bonds is 18. The average molecular weight is 491 g/mol. The number of hydrogen-bond acceptors (Lipinski definition) is 3. The number of likely N-dealkylation sites (tertiary alicyclic amines) is 1. The van der Waals surface area contributed by atoms with Gasteiger partial charge in [0.15, 0.2) is 0 Å². The number of piperidine rings is 1. The van der Waals surface area contributed by atoms with Gasteiger partial charge in [0.2, 0.25) is 11.8 Å². The SMILES string of the molecule is CCCCCCCCCCCCCCCCCCC1CC(=O)N(C2CC(C)(C)NC(C)(C)C2)C1=O. The third kappa shape index (κ3) is 11.4. The Hall–Kier alpha value is -0.900. The van der Waals surface area contributed by atoms with E-state index in [1.807, 2.05) is 0 Å². The third-order valence-corrected chi connectivity index (χ3v) is 8.22. The van der Waals surface area contributed by atoms with E-state index in [4.69, 9.17) is 0 Å². The van der Waals surface area contributed by atoms with Crippen LogP contribution in [0.25, 0.3) is 0 Å². The molecular weight excluding hydrogens is 432 g/mol. The molecule has 2 aliphatic heterocycles. The molecule has 0 aromatic carbocycles. The second kappa shape index (κ2) is 15.4. The molecule has 204 valence electrons. The van der Waals surface area contributed by atoms with Crippen molar-refractivity contribution in [2.75, 3.05) is 0 Å². The number of unbranched alkanes of at least 4 members (excludes halogenated alkanes) is 15. The van der Waals surface area contributed by atoms with Crippen LogP contribution in [0, 0.1) is 5.92 Å². The van der Waals surface area contributed by atoms with Gasteiger partial charge in [0.1, 0.15) is 0 Å². The van der Waals surface area contributed by atoms with Gasteiger partial charge in [0, 0.05) is 29.5 Å². The van der Waals surface area contributed by atoms with Crippen molar-refractivity contribution in [3.05, 3.63) is 0 Å². The topological polar surface area (TPSA) is 49.4 Å². The lowest BCUT2D eigenvalue weighted by molar-refractivity contribution is -0.144. The summed E-state index contributed by atoms with van der Waals surface area (Å²) in [6.45, 7) is 11.0. The number of carbonyl (C=O) groups excluding carboxylic acids is 2. The highest BCUT2D eigenvalue weighted by Gasteiger charge is 2.47. The molecule has 2 amide bonds. The Balaban J connectivity index is 1.49. The predicted octanol–water partition coefficient (Wildman–Crippen LogP) is 8.32. The molecule has 2 aliphatic rings. The zero-order chi connectivity index (χ0) is 25.7. The molecule has 0 aliphatic carbocycles. The molecule has 0 aromatic heterocycles. The molecule has 35 heavy (non-hydrogen) atoms. The minimum absolute atomic E-state index is 0.0389. The van der Waals surface area contributed by atoms with Crippen LogP contribution < -0.4 is 5.32 Å². The second-order valence-electron chi connectivity index (χ2n) is 13.0. The fraction of sp³-hybridized carbons (Fsp3) is 0.935. The molecule has 2 rings (SSSR count). The van der Waals surface area contributed by atoms with Crippen LogP contribution in [0.5, 0.6) is 0 Å². The molecule has 4 nitrogen and oxygen atoms in total. The zero-order valence-corrected chi connectivity index (χ0v) is 24.1. The van der Waals surface area contributed by atoms with Gasteiger partial charge in [-0.2, -0.15) is 0 Å². The monoisotopic (exact) mass is 490 g/mol. The minimum atomic E-state index is -0.0738. The standard InChI is InChI=1S/C31H58N2O2/c1-6-7-8-9-10-11-12-13-14-15-16-17-18-19-20-21-22-26-23-28(34)33(29(26)35)27-24-30(2,3)32-31(4,5)25-27/h26-27,32H,6-25H2,1-5H3. The lowest BCUT2D eigenvalue weighted by atomic mass is 9.79. The summed E-state index contributed by atoms with van der Waals surface area (Å²) < 4.78 is 0. The molecule has 2 fully saturated rings. The van der Waals surface area contributed by atoms with E-state index in [0.717, 1.165) is 25.7 Å². The van der Waals surface area contributed by atoms with E-state index in [1.54, 1.807) is 4.90 Å². The van der Waals surface area contributed by atoms with E-state index in [0.29, 0.717) is 6.42 Å². The van der Waals surface area contributed by atoms with Crippen molar-refractivity contribution >= 4 is 11.8 Å². The van der Waals surface area contributed by atoms with Crippen LogP contribution in [0.3, 0.4) is 0 Å². The Labute approximate surface area is 217 Å². The van der Waals surface area contributed by atoms with Crippen LogP contribution in [0.2, 0.25) is 0 Å². The van der Waals surface area contributed by atoms with Crippen molar-refractivity contribution in [2.45, 2.75) is 180 Å². The van der Waals surface area contributed by atoms with E-state index in [1.165, 1.54) is 96.3 Å². The van der Waals surface area contributed by atoms with Gasteiger partial charge >= 0.3 is 0 Å². The highest BCUT2D eigenvalue weighted by molar-refractivity contribution is 6.03. The molecule has 0 aromatic rings. The number of nitrogens with one attached hydrogen (secondary N) is 1. The third-order valence-electron chi connectivity index (χ3n) is 8.22. The molecule has 1 unspecified atom stereocenters. The molecule has 2 heterocycles. The van der Waals surface area contributed by atoms with Crippen molar-refractivity contribution in [1.29, 1.82) is 0 Å². The largest absolute Gasteiger partial charge is 0.307 e. The molecule has 2 saturated heterocycles. The average Bonchev–Trinajstić information content (AvgIpc) is 3.04. The van der Waals surface area contributed by atoms with Gasteiger partial charge in [-0.1, -0.05) is 110 Å². The molecule has 0 spiro atoms. The van der Waals surface area contributed by atoms with Crippen LogP contribution in [-0.2, 0) is 9.59 Å². The van der Waals surface area contributed by atoms with Crippen LogP contribution in [0.1, 0.15) is 163 Å². The summed E-state index contributed by atoms with van der Waals surface area (Å²) >= 11 is 0. The fourth-order valence-corrected chi connectivity index (χ4v) is 6.71. The first-order valence-electron chi connectivity index (χ1n) is 15.3. The summed E-state index contributed by atoms with van der Waals surface area (Å²) in [5.74, 6) is 0.0970. The normalized spacial score (nSPS) is 22.3. The maximum Gasteiger partial charge on any atom is 0.233 e. The fourth-order valence-electron chi connectivity index (χ4n) is 6.71. The van der Waals surface area contributed by atoms with Crippen LogP contribution >= 0.6 is 0 Å². The Kier molecular flexibility index (Phi) is 13.3. The van der Waals surface area contributed by atoms with Gasteiger partial charge in [-0.25, -0.2) is 0 Å². The summed E-state index contributed by atoms with van der Waals surface area (Å²) in [4.78, 5) is 27.5. The first-order valence-corrected chi connectivity index (χ1v) is 15.3. The number of nitrogens with zero attached hydrogens (tertiary/aromatic N) is 1. The molecule has 0 saturated carbocycles. The lowest BCUT2D eigenvalue weighted by Gasteiger charge is -2.48. The molecule has 4 heteroatoms. The predicted molar refractivity (Wildman–Crippen MR) is 148 cm³/mol. The number of amides is 2. The maximum absolute atomic E-state index is 13.1. The van der Waals surface area contributed by atoms with E-state index in [9.17, 15) is 9.59 Å². The lowest BCUT2D eigenvalue weighted by Crippen LogP contribution is -2.62. The first kappa shape index (κ1) is 30.3. The number of imide groups is 1. The second-order valence-corrected chi connectivity index (χ2v) is 13.0. The van der Waals surface area contributed by atoms with Gasteiger partial charge < -0.3 is 5.32 Å². The summed E-state index contributed by atoms with van der Waals surface area (Å²) in [6, 6.07) is 0.0389. The van der Waals surface area contributed by atoms with Gasteiger partial charge in [0.25, 0.3) is 0 Å². The Morgan fingerprint density at radius 1 is 0.686 bits per heavy atom. The van der Waals surface area contributed by atoms with Gasteiger partial charge in [0.05, 0.1) is 0 Å². The van der Waals surface area contributed by atoms with Crippen molar-refractivity contribution in [1.82, 2.24) is 10.2 Å². The van der Waals surface area contributed by atoms with Crippen LogP contribution in [0.15, 0.2) is 0 Å². The molecular formula is C31H58N2O2. The first-order chi connectivity index (χ1) is 16.7. The number of hydrogen-bond donors (Lipinski definition) is 1. The Morgan fingerprint density at radius 2 is 1.09 bits per heavy atom. The smallest absolute Gasteiger partial charge is 0.233 e. The Morgan fingerprint density at radius 3 is 1.51 bits per heavy atom. The Bertz CT molecular complexity index is 611. The quantitative estimate of drug-likeness (QED) is 0.155. The van der Waals surface area contributed by atoms with E-state index >= 15 is 0 Å². The summed E-state index contributed by atoms with van der Waals surface area (Å²) in [5, 5.41) is 3.66. The van der Waals surface area contributed by atoms with E-state index in [2.05, 4.69) is 39.9 Å². The van der Waals surface area contributed by atoms with Crippen molar-refractivity contribution in [3.63, 3.8) is 0 Å². The molecule has 0 bridgehead atoms. The molecule has 1 N–H and O–H groups in total. The van der Waals surface area contributed by atoms with Crippen molar-refractivity contribution in [3.8, 4) is 0 Å². The zero-order valence-electron chi connectivity index (χ0n) is 24.1. The van der Waals surface area contributed by atoms with Gasteiger partial charge in [-0.05, 0) is 47.0 Å². The van der Waals surface area contributed by atoms with E-state index < -0.39 is 0 Å². The summed E-state index contributed by atoms with van der Waals surface area (Å²) in [6.07, 6.45) is 24.8. The highest BCUT2D eigenvalue weighted by atomic mass is 16.2. The van der Waals surface area contributed by atoms with Crippen LogP contribution in [0.4, 0.5) is 0 Å². The van der Waals surface area contributed by atoms with Crippen molar-refractivity contribution in [2.24, 2.45) is 5.92 Å². The number of carbonyl (C=O) groups is 2. The summed E-state index contributed by atoms with van der Waals surface area (Å²) in [5.41, 5.74) is -0.113. The molecule has 0 radical (unpaired) electrons. The van der Waals surface area contributed by atoms with Crippen molar-refractivity contribution < 1.29 is 9.59 Å². The minimum Gasteiger partial charge on any atom is -0.307 e. The summed E-state index contributed by atoms with van der Waals surface area (Å²) in [7, 11) is 0. The maximum atomic E-state index is 13.1. The van der Waals surface area contributed by atoms with Crippen LogP contribution in [-0.4, -0.2) is 33.8 Å².